The zero-order valence-corrected chi connectivity index (χ0v) is 11.7. The van der Waals surface area contributed by atoms with Gasteiger partial charge in [0.2, 0.25) is 0 Å². The van der Waals surface area contributed by atoms with Gasteiger partial charge in [-0.3, -0.25) is 9.59 Å². The number of methoxy groups -OCH3 is 1. The molecule has 0 radical (unpaired) electrons. The van der Waals surface area contributed by atoms with Gasteiger partial charge in [-0.05, 0) is 18.6 Å². The average Bonchev–Trinajstić information content (AvgIpc) is 2.27. The number of hydrogen-bond acceptors (Lipinski definition) is 3. The standard InChI is InChI=1S/C13H15BrO3/c1-8-4-5-10(11(14)6-8)12(15)7-9(2)13(16)17-3/h4-6,9H,7H2,1-3H3. The van der Waals surface area contributed by atoms with Crippen molar-refractivity contribution in [3.8, 4) is 0 Å². The van der Waals surface area contributed by atoms with Crippen LogP contribution in [0.15, 0.2) is 22.7 Å². The van der Waals surface area contributed by atoms with Crippen LogP contribution in [-0.2, 0) is 9.53 Å². The van der Waals surface area contributed by atoms with Gasteiger partial charge in [0.25, 0.3) is 0 Å². The lowest BCUT2D eigenvalue weighted by Gasteiger charge is -2.09. The van der Waals surface area contributed by atoms with Crippen LogP contribution in [0.3, 0.4) is 0 Å². The molecule has 0 aliphatic heterocycles. The maximum absolute atomic E-state index is 12.0. The SMILES string of the molecule is COC(=O)C(C)CC(=O)c1ccc(C)cc1Br. The number of ketones is 1. The van der Waals surface area contributed by atoms with Gasteiger partial charge in [-0.1, -0.05) is 35.0 Å². The monoisotopic (exact) mass is 298 g/mol. The zero-order valence-electron chi connectivity index (χ0n) is 10.1. The Morgan fingerprint density at radius 2 is 2.06 bits per heavy atom. The van der Waals surface area contributed by atoms with Gasteiger partial charge in [-0.25, -0.2) is 0 Å². The lowest BCUT2D eigenvalue weighted by Crippen LogP contribution is -2.17. The van der Waals surface area contributed by atoms with Gasteiger partial charge < -0.3 is 4.74 Å². The fraction of sp³-hybridized carbons (Fsp3) is 0.385. The van der Waals surface area contributed by atoms with Crippen LogP contribution >= 0.6 is 15.9 Å². The second kappa shape index (κ2) is 5.96. The van der Waals surface area contributed by atoms with Crippen molar-refractivity contribution in [3.05, 3.63) is 33.8 Å². The topological polar surface area (TPSA) is 43.4 Å². The average molecular weight is 299 g/mol. The second-order valence-corrected chi connectivity index (χ2v) is 4.89. The van der Waals surface area contributed by atoms with Crippen molar-refractivity contribution in [3.63, 3.8) is 0 Å². The van der Waals surface area contributed by atoms with Gasteiger partial charge in [0.15, 0.2) is 5.78 Å². The second-order valence-electron chi connectivity index (χ2n) is 4.03. The molecule has 1 aromatic rings. The van der Waals surface area contributed by atoms with Crippen LogP contribution in [0.1, 0.15) is 29.3 Å². The third-order valence-electron chi connectivity index (χ3n) is 2.52. The summed E-state index contributed by atoms with van der Waals surface area (Å²) in [4.78, 5) is 23.2. The molecule has 0 fully saturated rings. The molecule has 0 spiro atoms. The summed E-state index contributed by atoms with van der Waals surface area (Å²) in [5, 5.41) is 0. The number of esters is 1. The molecule has 0 amide bonds. The quantitative estimate of drug-likeness (QED) is 0.633. The number of ether oxygens (including phenoxy) is 1. The molecule has 0 aliphatic rings. The van der Waals surface area contributed by atoms with Crippen LogP contribution in [0.4, 0.5) is 0 Å². The highest BCUT2D eigenvalue weighted by molar-refractivity contribution is 9.10. The molecule has 4 heteroatoms. The number of Topliss-reactive ketones (excluding diaryl/α,β-unsaturated/α-hetero) is 1. The fourth-order valence-corrected chi connectivity index (χ4v) is 2.23. The van der Waals surface area contributed by atoms with Gasteiger partial charge in [-0.2, -0.15) is 0 Å². The highest BCUT2D eigenvalue weighted by Crippen LogP contribution is 2.21. The minimum atomic E-state index is -0.416. The molecule has 0 N–H and O–H groups in total. The van der Waals surface area contributed by atoms with Crippen LogP contribution in [0.5, 0.6) is 0 Å². The molecule has 1 unspecified atom stereocenters. The summed E-state index contributed by atoms with van der Waals surface area (Å²) in [6.45, 7) is 3.64. The lowest BCUT2D eigenvalue weighted by molar-refractivity contribution is -0.144. The highest BCUT2D eigenvalue weighted by Gasteiger charge is 2.19. The van der Waals surface area contributed by atoms with Crippen molar-refractivity contribution in [1.29, 1.82) is 0 Å². The number of rotatable bonds is 4. The summed E-state index contributed by atoms with van der Waals surface area (Å²) < 4.78 is 5.36. The van der Waals surface area contributed by atoms with E-state index < -0.39 is 5.92 Å². The Morgan fingerprint density at radius 1 is 1.41 bits per heavy atom. The number of carbonyl (C=O) groups is 2. The Bertz CT molecular complexity index is 440. The molecule has 1 atom stereocenters. The number of carbonyl (C=O) groups excluding carboxylic acids is 2. The molecule has 92 valence electrons. The molecular weight excluding hydrogens is 284 g/mol. The molecule has 0 heterocycles. The predicted molar refractivity (Wildman–Crippen MR) is 69.0 cm³/mol. The third-order valence-corrected chi connectivity index (χ3v) is 3.18. The maximum atomic E-state index is 12.0. The van der Waals surface area contributed by atoms with Crippen LogP contribution < -0.4 is 0 Å². The summed E-state index contributed by atoms with van der Waals surface area (Å²) in [5.41, 5.74) is 1.68. The number of aryl methyl sites for hydroxylation is 1. The van der Waals surface area contributed by atoms with Crippen LogP contribution in [0.25, 0.3) is 0 Å². The molecule has 3 nitrogen and oxygen atoms in total. The summed E-state index contributed by atoms with van der Waals surface area (Å²) in [5.74, 6) is -0.836. The van der Waals surface area contributed by atoms with E-state index in [1.54, 1.807) is 13.0 Å². The van der Waals surface area contributed by atoms with Crippen molar-refractivity contribution in [2.45, 2.75) is 20.3 Å². The number of halogens is 1. The lowest BCUT2D eigenvalue weighted by atomic mass is 9.99. The van der Waals surface area contributed by atoms with Crippen LogP contribution in [-0.4, -0.2) is 18.9 Å². The van der Waals surface area contributed by atoms with E-state index in [4.69, 9.17) is 0 Å². The van der Waals surface area contributed by atoms with Crippen molar-refractivity contribution in [2.75, 3.05) is 7.11 Å². The van der Waals surface area contributed by atoms with Crippen LogP contribution in [0.2, 0.25) is 0 Å². The minimum absolute atomic E-state index is 0.0604. The van der Waals surface area contributed by atoms with E-state index in [9.17, 15) is 9.59 Å². The van der Waals surface area contributed by atoms with E-state index in [-0.39, 0.29) is 18.2 Å². The summed E-state index contributed by atoms with van der Waals surface area (Å²) in [6, 6.07) is 5.53. The molecular formula is C13H15BrO3. The number of hydrogen-bond donors (Lipinski definition) is 0. The normalized spacial score (nSPS) is 12.0. The fourth-order valence-electron chi connectivity index (χ4n) is 1.52. The molecule has 0 aliphatic carbocycles. The smallest absolute Gasteiger partial charge is 0.308 e. The Kier molecular flexibility index (Phi) is 4.87. The predicted octanol–water partition coefficient (Wildman–Crippen LogP) is 3.14. The van der Waals surface area contributed by atoms with Gasteiger partial charge in [0.1, 0.15) is 0 Å². The van der Waals surface area contributed by atoms with Gasteiger partial charge in [0.05, 0.1) is 13.0 Å². The third kappa shape index (κ3) is 3.66. The van der Waals surface area contributed by atoms with Crippen molar-refractivity contribution in [1.82, 2.24) is 0 Å². The molecule has 1 aromatic carbocycles. The van der Waals surface area contributed by atoms with E-state index in [2.05, 4.69) is 20.7 Å². The molecule has 0 aromatic heterocycles. The molecule has 0 saturated heterocycles. The first-order chi connectivity index (χ1) is 7.95. The zero-order chi connectivity index (χ0) is 13.0. The minimum Gasteiger partial charge on any atom is -0.469 e. The Morgan fingerprint density at radius 3 is 2.59 bits per heavy atom. The Balaban J connectivity index is 2.80. The first-order valence-electron chi connectivity index (χ1n) is 5.33. The highest BCUT2D eigenvalue weighted by atomic mass is 79.9. The van der Waals surface area contributed by atoms with Gasteiger partial charge in [-0.15, -0.1) is 0 Å². The van der Waals surface area contributed by atoms with Gasteiger partial charge >= 0.3 is 5.97 Å². The van der Waals surface area contributed by atoms with Gasteiger partial charge in [0, 0.05) is 16.5 Å². The van der Waals surface area contributed by atoms with E-state index >= 15 is 0 Å². The van der Waals surface area contributed by atoms with E-state index in [1.165, 1.54) is 7.11 Å². The van der Waals surface area contributed by atoms with E-state index in [1.807, 2.05) is 19.1 Å². The summed E-state index contributed by atoms with van der Waals surface area (Å²) >= 11 is 3.35. The first kappa shape index (κ1) is 13.9. The largest absolute Gasteiger partial charge is 0.469 e. The Hall–Kier alpha value is -1.16. The van der Waals surface area contributed by atoms with E-state index in [0.717, 1.165) is 10.0 Å². The van der Waals surface area contributed by atoms with Crippen LogP contribution in [0, 0.1) is 12.8 Å². The Labute approximate surface area is 109 Å². The number of benzene rings is 1. The first-order valence-corrected chi connectivity index (χ1v) is 6.12. The van der Waals surface area contributed by atoms with E-state index in [0.29, 0.717) is 5.56 Å². The van der Waals surface area contributed by atoms with Crippen molar-refractivity contribution in [2.24, 2.45) is 5.92 Å². The summed E-state index contributed by atoms with van der Waals surface area (Å²) in [7, 11) is 1.32. The molecule has 1 rings (SSSR count). The van der Waals surface area contributed by atoms with Crippen molar-refractivity contribution >= 4 is 27.7 Å². The maximum Gasteiger partial charge on any atom is 0.308 e. The molecule has 0 saturated carbocycles. The van der Waals surface area contributed by atoms with Crippen molar-refractivity contribution < 1.29 is 14.3 Å². The molecule has 0 bridgehead atoms. The molecule has 17 heavy (non-hydrogen) atoms. The summed E-state index contributed by atoms with van der Waals surface area (Å²) in [6.07, 6.45) is 0.161.